The minimum absolute atomic E-state index is 0.101. The van der Waals surface area contributed by atoms with Crippen molar-refractivity contribution < 1.29 is 19.0 Å². The lowest BCUT2D eigenvalue weighted by Gasteiger charge is -2.33. The van der Waals surface area contributed by atoms with Gasteiger partial charge in [-0.15, -0.1) is 0 Å². The number of carbonyl (C=O) groups is 1. The van der Waals surface area contributed by atoms with E-state index in [0.717, 1.165) is 52.4 Å². The number of nitrogens with one attached hydrogen (secondary N) is 1. The maximum Gasteiger partial charge on any atom is 0.407 e. The van der Waals surface area contributed by atoms with E-state index in [4.69, 9.17) is 14.2 Å². The van der Waals surface area contributed by atoms with E-state index in [0.29, 0.717) is 18.5 Å². The first kappa shape index (κ1) is 23.6. The van der Waals surface area contributed by atoms with E-state index in [1.165, 1.54) is 11.1 Å². The molecule has 1 aliphatic heterocycles. The first-order chi connectivity index (χ1) is 14.0. The van der Waals surface area contributed by atoms with E-state index in [-0.39, 0.29) is 12.2 Å². The first-order valence-corrected chi connectivity index (χ1v) is 10.9. The standard InChI is InChI=1S/C23H38N2O4/c1-18(2)29-23(26)24-10-9-21-7-5-8-22(15-21)19(3)16-27-13-6-11-25-12-14-28-17-20(25)4/h5,7-8,15,18-20H,6,9-14,16-17H2,1-4H3,(H,24,26). The number of benzene rings is 1. The normalized spacial score (nSPS) is 18.6. The Labute approximate surface area is 175 Å². The second-order valence-electron chi connectivity index (χ2n) is 8.17. The maximum atomic E-state index is 11.6. The van der Waals surface area contributed by atoms with Crippen molar-refractivity contribution in [1.29, 1.82) is 0 Å². The highest BCUT2D eigenvalue weighted by Crippen LogP contribution is 2.17. The van der Waals surface area contributed by atoms with Crippen molar-refractivity contribution >= 4 is 6.09 Å². The van der Waals surface area contributed by atoms with Crippen molar-refractivity contribution in [2.75, 3.05) is 46.1 Å². The molecule has 1 N–H and O–H groups in total. The molecule has 0 radical (unpaired) electrons. The lowest BCUT2D eigenvalue weighted by molar-refractivity contribution is -0.00472. The molecule has 2 atom stereocenters. The molecule has 0 aliphatic carbocycles. The fourth-order valence-corrected chi connectivity index (χ4v) is 3.44. The maximum absolute atomic E-state index is 11.6. The molecule has 1 aromatic carbocycles. The molecule has 6 heteroatoms. The van der Waals surface area contributed by atoms with Gasteiger partial charge in [0.05, 0.1) is 25.9 Å². The van der Waals surface area contributed by atoms with Crippen molar-refractivity contribution in [3.05, 3.63) is 35.4 Å². The molecule has 6 nitrogen and oxygen atoms in total. The first-order valence-electron chi connectivity index (χ1n) is 10.9. The molecule has 29 heavy (non-hydrogen) atoms. The van der Waals surface area contributed by atoms with Crippen molar-refractivity contribution in [2.24, 2.45) is 0 Å². The van der Waals surface area contributed by atoms with E-state index in [1.54, 1.807) is 0 Å². The third kappa shape index (κ3) is 9.15. The molecule has 0 spiro atoms. The number of morpholine rings is 1. The van der Waals surface area contributed by atoms with Crippen LogP contribution in [0.2, 0.25) is 0 Å². The SMILES string of the molecule is CC(C)OC(=O)NCCc1cccc(C(C)COCCCN2CCOCC2C)c1. The van der Waals surface area contributed by atoms with Crippen LogP contribution in [0.5, 0.6) is 0 Å². The van der Waals surface area contributed by atoms with E-state index in [2.05, 4.69) is 48.3 Å². The van der Waals surface area contributed by atoms with Crippen molar-refractivity contribution in [3.8, 4) is 0 Å². The lowest BCUT2D eigenvalue weighted by Crippen LogP contribution is -2.44. The summed E-state index contributed by atoms with van der Waals surface area (Å²) in [5, 5.41) is 2.79. The van der Waals surface area contributed by atoms with Crippen LogP contribution in [-0.4, -0.2) is 69.2 Å². The monoisotopic (exact) mass is 406 g/mol. The van der Waals surface area contributed by atoms with Gasteiger partial charge in [0.25, 0.3) is 0 Å². The zero-order valence-corrected chi connectivity index (χ0v) is 18.5. The molecule has 1 aromatic rings. The zero-order chi connectivity index (χ0) is 21.1. The summed E-state index contributed by atoms with van der Waals surface area (Å²) in [6, 6.07) is 9.03. The smallest absolute Gasteiger partial charge is 0.407 e. The Balaban J connectivity index is 1.65. The molecule has 1 aliphatic rings. The Hall–Kier alpha value is -1.63. The zero-order valence-electron chi connectivity index (χ0n) is 18.5. The molecule has 0 aromatic heterocycles. The molecule has 1 amide bonds. The molecule has 2 unspecified atom stereocenters. The van der Waals surface area contributed by atoms with Gasteiger partial charge in [-0.2, -0.15) is 0 Å². The molecule has 164 valence electrons. The van der Waals surface area contributed by atoms with Crippen molar-refractivity contribution in [3.63, 3.8) is 0 Å². The lowest BCUT2D eigenvalue weighted by atomic mass is 9.99. The molecular formula is C23H38N2O4. The number of amides is 1. The summed E-state index contributed by atoms with van der Waals surface area (Å²) < 4.78 is 16.5. The summed E-state index contributed by atoms with van der Waals surface area (Å²) in [4.78, 5) is 14.0. The van der Waals surface area contributed by atoms with Gasteiger partial charge in [0.15, 0.2) is 0 Å². The predicted octanol–water partition coefficient (Wildman–Crippen LogP) is 3.59. The summed E-state index contributed by atoms with van der Waals surface area (Å²) in [7, 11) is 0. The molecule has 2 rings (SSSR count). The third-order valence-corrected chi connectivity index (χ3v) is 5.15. The Morgan fingerprint density at radius 1 is 1.34 bits per heavy atom. The number of ether oxygens (including phenoxy) is 3. The van der Waals surface area contributed by atoms with Crippen LogP contribution in [0.4, 0.5) is 4.79 Å². The summed E-state index contributed by atoms with van der Waals surface area (Å²) in [5.41, 5.74) is 2.48. The number of hydrogen-bond acceptors (Lipinski definition) is 5. The Bertz CT molecular complexity index is 608. The second-order valence-corrected chi connectivity index (χ2v) is 8.17. The van der Waals surface area contributed by atoms with Crippen LogP contribution in [0.15, 0.2) is 24.3 Å². The number of alkyl carbamates (subject to hydrolysis) is 1. The molecule has 1 saturated heterocycles. The number of hydrogen-bond donors (Lipinski definition) is 1. The van der Waals surface area contributed by atoms with Crippen LogP contribution in [-0.2, 0) is 20.6 Å². The molecule has 1 fully saturated rings. The average molecular weight is 407 g/mol. The average Bonchev–Trinajstić information content (AvgIpc) is 2.68. The van der Waals surface area contributed by atoms with Gasteiger partial charge in [-0.3, -0.25) is 4.90 Å². The van der Waals surface area contributed by atoms with Gasteiger partial charge in [-0.05, 0) is 44.7 Å². The molecular weight excluding hydrogens is 368 g/mol. The van der Waals surface area contributed by atoms with Gasteiger partial charge in [-0.1, -0.05) is 31.2 Å². The van der Waals surface area contributed by atoms with Crippen LogP contribution in [0.1, 0.15) is 51.2 Å². The highest BCUT2D eigenvalue weighted by molar-refractivity contribution is 5.67. The largest absolute Gasteiger partial charge is 0.447 e. The minimum atomic E-state index is -0.357. The van der Waals surface area contributed by atoms with Gasteiger partial charge in [0.2, 0.25) is 0 Å². The molecule has 0 saturated carbocycles. The van der Waals surface area contributed by atoms with Gasteiger partial charge in [0.1, 0.15) is 0 Å². The topological polar surface area (TPSA) is 60.0 Å². The fourth-order valence-electron chi connectivity index (χ4n) is 3.44. The van der Waals surface area contributed by atoms with E-state index >= 15 is 0 Å². The molecule has 1 heterocycles. The Morgan fingerprint density at radius 2 is 2.17 bits per heavy atom. The summed E-state index contributed by atoms with van der Waals surface area (Å²) in [5.74, 6) is 0.344. The fraction of sp³-hybridized carbons (Fsp3) is 0.696. The van der Waals surface area contributed by atoms with Gasteiger partial charge in [0, 0.05) is 38.2 Å². The van der Waals surface area contributed by atoms with Crippen LogP contribution in [0.3, 0.4) is 0 Å². The van der Waals surface area contributed by atoms with Crippen LogP contribution in [0.25, 0.3) is 0 Å². The predicted molar refractivity (Wildman–Crippen MR) is 115 cm³/mol. The minimum Gasteiger partial charge on any atom is -0.447 e. The Morgan fingerprint density at radius 3 is 2.93 bits per heavy atom. The van der Waals surface area contributed by atoms with Gasteiger partial charge < -0.3 is 19.5 Å². The summed E-state index contributed by atoms with van der Waals surface area (Å²) in [6.07, 6.45) is 1.38. The quantitative estimate of drug-likeness (QED) is 0.569. The number of carbonyl (C=O) groups excluding carboxylic acids is 1. The van der Waals surface area contributed by atoms with E-state index in [9.17, 15) is 4.79 Å². The summed E-state index contributed by atoms with van der Waals surface area (Å²) >= 11 is 0. The Kier molecular flexibility index (Phi) is 10.5. The highest BCUT2D eigenvalue weighted by Gasteiger charge is 2.17. The van der Waals surface area contributed by atoms with Crippen LogP contribution < -0.4 is 5.32 Å². The molecule has 0 bridgehead atoms. The highest BCUT2D eigenvalue weighted by atomic mass is 16.6. The van der Waals surface area contributed by atoms with E-state index in [1.807, 2.05) is 13.8 Å². The van der Waals surface area contributed by atoms with Gasteiger partial charge in [-0.25, -0.2) is 4.79 Å². The van der Waals surface area contributed by atoms with E-state index < -0.39 is 0 Å². The number of nitrogens with zero attached hydrogens (tertiary/aromatic N) is 1. The second kappa shape index (κ2) is 12.8. The summed E-state index contributed by atoms with van der Waals surface area (Å²) in [6.45, 7) is 14.0. The van der Waals surface area contributed by atoms with Crippen molar-refractivity contribution in [1.82, 2.24) is 10.2 Å². The van der Waals surface area contributed by atoms with Crippen molar-refractivity contribution in [2.45, 2.75) is 58.6 Å². The van der Waals surface area contributed by atoms with Crippen LogP contribution >= 0.6 is 0 Å². The number of rotatable bonds is 11. The third-order valence-electron chi connectivity index (χ3n) is 5.15. The van der Waals surface area contributed by atoms with Gasteiger partial charge >= 0.3 is 6.09 Å². The van der Waals surface area contributed by atoms with Crippen LogP contribution in [0, 0.1) is 0 Å².